The van der Waals surface area contributed by atoms with Crippen LogP contribution < -0.4 is 5.73 Å². The number of rotatable bonds is 10. The summed E-state index contributed by atoms with van der Waals surface area (Å²) in [6, 6.07) is 22.1. The molecule has 2 atom stereocenters. The highest BCUT2D eigenvalue weighted by Gasteiger charge is 2.45. The number of aldehydes is 2. The van der Waals surface area contributed by atoms with Gasteiger partial charge in [-0.05, 0) is 28.8 Å². The van der Waals surface area contributed by atoms with Crippen LogP contribution in [0.5, 0.6) is 0 Å². The van der Waals surface area contributed by atoms with Crippen LogP contribution in [0.1, 0.15) is 28.3 Å². The van der Waals surface area contributed by atoms with E-state index in [9.17, 15) is 24.3 Å². The lowest BCUT2D eigenvalue weighted by Gasteiger charge is -2.32. The number of halogens is 1. The maximum atomic E-state index is 13.0. The molecule has 0 aliphatic rings. The Balaban J connectivity index is 1.91. The topological polar surface area (TPSA) is 115 Å². The Morgan fingerprint density at radius 3 is 1.88 bits per heavy atom. The fraction of sp³-hybridized carbons (Fsp3) is 0.154. The molecule has 0 spiro atoms. The standard InChI is InChI=1S/C26H22ClNO5/c27-21-12-10-18(11-13-21)17-6-8-19(9-7-17)23(31)14-22(25(32)33)24(26(28,15-29)16-30)20-4-2-1-3-5-20/h1-13,15-16,22,24H,14,28H2,(H,32,33). The number of carbonyl (C=O) groups excluding carboxylic acids is 3. The molecule has 33 heavy (non-hydrogen) atoms. The summed E-state index contributed by atoms with van der Waals surface area (Å²) in [6.07, 6.45) is 0.0355. The lowest BCUT2D eigenvalue weighted by atomic mass is 9.71. The highest BCUT2D eigenvalue weighted by Crippen LogP contribution is 2.35. The summed E-state index contributed by atoms with van der Waals surface area (Å²) in [5.74, 6) is -4.38. The second-order valence-corrected chi connectivity index (χ2v) is 8.22. The molecule has 0 saturated heterocycles. The van der Waals surface area contributed by atoms with Gasteiger partial charge in [-0.25, -0.2) is 0 Å². The van der Waals surface area contributed by atoms with Crippen molar-refractivity contribution in [3.8, 4) is 11.1 Å². The number of hydrogen-bond donors (Lipinski definition) is 2. The van der Waals surface area contributed by atoms with Gasteiger partial charge in [0.15, 0.2) is 5.78 Å². The first-order valence-corrected chi connectivity index (χ1v) is 10.6. The van der Waals surface area contributed by atoms with Crippen LogP contribution in [0.25, 0.3) is 11.1 Å². The molecule has 0 radical (unpaired) electrons. The lowest BCUT2D eigenvalue weighted by molar-refractivity contribution is -0.143. The van der Waals surface area contributed by atoms with Crippen LogP contribution >= 0.6 is 11.6 Å². The molecule has 2 unspecified atom stereocenters. The van der Waals surface area contributed by atoms with Gasteiger partial charge in [-0.15, -0.1) is 0 Å². The Hall–Kier alpha value is -3.61. The lowest BCUT2D eigenvalue weighted by Crippen LogP contribution is -2.53. The van der Waals surface area contributed by atoms with Crippen LogP contribution in [0.4, 0.5) is 0 Å². The number of benzene rings is 3. The predicted octanol–water partition coefficient (Wildman–Crippen LogP) is 4.16. The van der Waals surface area contributed by atoms with Gasteiger partial charge in [-0.3, -0.25) is 9.59 Å². The maximum absolute atomic E-state index is 13.0. The van der Waals surface area contributed by atoms with Crippen molar-refractivity contribution < 1.29 is 24.3 Å². The van der Waals surface area contributed by atoms with Crippen molar-refractivity contribution in [1.29, 1.82) is 0 Å². The number of aliphatic carboxylic acids is 1. The fourth-order valence-corrected chi connectivity index (χ4v) is 3.99. The SMILES string of the molecule is NC(C=O)(C=O)C(c1ccccc1)C(CC(=O)c1ccc(-c2ccc(Cl)cc2)cc1)C(=O)O. The van der Waals surface area contributed by atoms with E-state index in [-0.39, 0.29) is 12.6 Å². The highest BCUT2D eigenvalue weighted by atomic mass is 35.5. The van der Waals surface area contributed by atoms with Crippen molar-refractivity contribution in [2.45, 2.75) is 17.9 Å². The summed E-state index contributed by atoms with van der Waals surface area (Å²) in [7, 11) is 0. The predicted molar refractivity (Wildman–Crippen MR) is 125 cm³/mol. The minimum Gasteiger partial charge on any atom is -0.481 e. The largest absolute Gasteiger partial charge is 0.481 e. The monoisotopic (exact) mass is 463 g/mol. The van der Waals surface area contributed by atoms with E-state index in [2.05, 4.69) is 0 Å². The van der Waals surface area contributed by atoms with Crippen molar-refractivity contribution in [1.82, 2.24) is 0 Å². The summed E-state index contributed by atoms with van der Waals surface area (Å²) >= 11 is 5.92. The summed E-state index contributed by atoms with van der Waals surface area (Å²) in [5, 5.41) is 10.5. The molecule has 3 N–H and O–H groups in total. The molecule has 3 rings (SSSR count). The van der Waals surface area contributed by atoms with Gasteiger partial charge >= 0.3 is 5.97 Å². The van der Waals surface area contributed by atoms with Gasteiger partial charge in [0.25, 0.3) is 0 Å². The Kier molecular flexibility index (Phi) is 7.53. The van der Waals surface area contributed by atoms with Crippen LogP contribution in [-0.2, 0) is 14.4 Å². The molecule has 0 aromatic heterocycles. The Labute approximate surface area is 196 Å². The zero-order valence-corrected chi connectivity index (χ0v) is 18.3. The third-order valence-electron chi connectivity index (χ3n) is 5.61. The van der Waals surface area contributed by atoms with Gasteiger partial charge in [0.05, 0.1) is 5.92 Å². The van der Waals surface area contributed by atoms with E-state index in [4.69, 9.17) is 17.3 Å². The van der Waals surface area contributed by atoms with Crippen LogP contribution in [0.3, 0.4) is 0 Å². The molecule has 0 saturated carbocycles. The second kappa shape index (κ2) is 10.3. The minimum absolute atomic E-state index is 0.235. The van der Waals surface area contributed by atoms with E-state index in [1.54, 1.807) is 66.7 Å². The van der Waals surface area contributed by atoms with Crippen molar-refractivity contribution >= 4 is 35.9 Å². The van der Waals surface area contributed by atoms with Crippen LogP contribution in [0.15, 0.2) is 78.9 Å². The van der Waals surface area contributed by atoms with Gasteiger partial charge in [0.2, 0.25) is 0 Å². The smallest absolute Gasteiger partial charge is 0.307 e. The summed E-state index contributed by atoms with van der Waals surface area (Å²) in [4.78, 5) is 48.6. The first-order chi connectivity index (χ1) is 15.8. The first-order valence-electron chi connectivity index (χ1n) is 10.2. The number of Topliss-reactive ketones (excluding diaryl/α,β-unsaturated/α-hetero) is 1. The zero-order valence-electron chi connectivity index (χ0n) is 17.6. The number of hydrogen-bond acceptors (Lipinski definition) is 5. The van der Waals surface area contributed by atoms with Gasteiger partial charge in [-0.2, -0.15) is 0 Å². The second-order valence-electron chi connectivity index (χ2n) is 7.78. The van der Waals surface area contributed by atoms with Gasteiger partial charge in [-0.1, -0.05) is 78.3 Å². The Bertz CT molecular complexity index is 1140. The molecular formula is C26H22ClNO5. The third kappa shape index (κ3) is 5.42. The molecule has 3 aromatic carbocycles. The maximum Gasteiger partial charge on any atom is 0.307 e. The number of nitrogens with two attached hydrogens (primary N) is 1. The quantitative estimate of drug-likeness (QED) is 0.265. The van der Waals surface area contributed by atoms with Gasteiger partial charge in [0, 0.05) is 22.9 Å². The van der Waals surface area contributed by atoms with E-state index in [1.165, 1.54) is 0 Å². The molecule has 0 aliphatic heterocycles. The molecule has 7 heteroatoms. The highest BCUT2D eigenvalue weighted by molar-refractivity contribution is 6.30. The van der Waals surface area contributed by atoms with E-state index < -0.39 is 35.5 Å². The van der Waals surface area contributed by atoms with Crippen LogP contribution in [0.2, 0.25) is 5.02 Å². The van der Waals surface area contributed by atoms with Crippen LogP contribution in [-0.4, -0.2) is 35.0 Å². The Morgan fingerprint density at radius 1 is 0.879 bits per heavy atom. The average Bonchev–Trinajstić information content (AvgIpc) is 2.84. The van der Waals surface area contributed by atoms with E-state index in [0.717, 1.165) is 11.1 Å². The molecule has 6 nitrogen and oxygen atoms in total. The number of carbonyl (C=O) groups is 4. The zero-order chi connectivity index (χ0) is 24.0. The molecule has 0 fully saturated rings. The van der Waals surface area contributed by atoms with E-state index in [0.29, 0.717) is 16.1 Å². The molecule has 0 aliphatic carbocycles. The van der Waals surface area contributed by atoms with Crippen molar-refractivity contribution in [3.63, 3.8) is 0 Å². The fourth-order valence-electron chi connectivity index (χ4n) is 3.86. The van der Waals surface area contributed by atoms with E-state index >= 15 is 0 Å². The summed E-state index contributed by atoms with van der Waals surface area (Å²) < 4.78 is 0. The molecule has 3 aromatic rings. The summed E-state index contributed by atoms with van der Waals surface area (Å²) in [5.41, 5.74) is 6.38. The van der Waals surface area contributed by atoms with Crippen molar-refractivity contribution in [2.75, 3.05) is 0 Å². The molecule has 0 bridgehead atoms. The molecule has 0 heterocycles. The van der Waals surface area contributed by atoms with Gasteiger partial charge in [0.1, 0.15) is 18.1 Å². The number of ketones is 1. The molecule has 168 valence electrons. The summed E-state index contributed by atoms with van der Waals surface area (Å²) in [6.45, 7) is 0. The minimum atomic E-state index is -2.09. The van der Waals surface area contributed by atoms with E-state index in [1.807, 2.05) is 12.1 Å². The van der Waals surface area contributed by atoms with Gasteiger partial charge < -0.3 is 20.4 Å². The average molecular weight is 464 g/mol. The van der Waals surface area contributed by atoms with Crippen molar-refractivity contribution in [2.24, 2.45) is 11.7 Å². The molecular weight excluding hydrogens is 442 g/mol. The number of carboxylic acids is 1. The number of carboxylic acid groups (broad SMARTS) is 1. The van der Waals surface area contributed by atoms with Crippen LogP contribution in [0, 0.1) is 5.92 Å². The normalized spacial score (nSPS) is 13.0. The Morgan fingerprint density at radius 2 is 1.39 bits per heavy atom. The first kappa shape index (κ1) is 24.0. The molecule has 0 amide bonds. The van der Waals surface area contributed by atoms with Crippen molar-refractivity contribution in [3.05, 3.63) is 95.0 Å². The third-order valence-corrected chi connectivity index (χ3v) is 5.87.